The summed E-state index contributed by atoms with van der Waals surface area (Å²) in [7, 11) is 0. The van der Waals surface area contributed by atoms with Crippen molar-refractivity contribution in [1.29, 1.82) is 0 Å². The molecular weight excluding hydrogens is 326 g/mol. The van der Waals surface area contributed by atoms with Gasteiger partial charge in [0.15, 0.2) is 0 Å². The monoisotopic (exact) mass is 351 g/mol. The van der Waals surface area contributed by atoms with Gasteiger partial charge in [0.1, 0.15) is 5.82 Å². The number of anilines is 1. The summed E-state index contributed by atoms with van der Waals surface area (Å²) in [5.41, 5.74) is 2.66. The molecule has 2 saturated heterocycles. The number of carbonyl (C=O) groups excluding carboxylic acids is 1. The lowest BCUT2D eigenvalue weighted by molar-refractivity contribution is 0.0705. The Kier molecular flexibility index (Phi) is 4.82. The summed E-state index contributed by atoms with van der Waals surface area (Å²) in [6.07, 6.45) is 9.81. The van der Waals surface area contributed by atoms with Crippen molar-refractivity contribution in [2.45, 2.75) is 38.5 Å². The lowest BCUT2D eigenvalue weighted by atomic mass is 9.94. The predicted molar refractivity (Wildman–Crippen MR) is 100 cm³/mol. The average molecular weight is 351 g/mol. The molecule has 26 heavy (non-hydrogen) atoms. The van der Waals surface area contributed by atoms with Crippen LogP contribution < -0.4 is 4.90 Å². The average Bonchev–Trinajstić information content (AvgIpc) is 3.22. The molecule has 0 saturated carbocycles. The molecular formula is C20H25N5O. The molecule has 0 aliphatic carbocycles. The molecule has 0 radical (unpaired) electrons. The van der Waals surface area contributed by atoms with Crippen LogP contribution >= 0.6 is 0 Å². The van der Waals surface area contributed by atoms with Gasteiger partial charge in [0, 0.05) is 56.3 Å². The van der Waals surface area contributed by atoms with E-state index in [0.717, 1.165) is 55.2 Å². The van der Waals surface area contributed by atoms with E-state index in [0.29, 0.717) is 6.54 Å². The third-order valence-corrected chi connectivity index (χ3v) is 5.32. The lowest BCUT2D eigenvalue weighted by Gasteiger charge is -2.32. The van der Waals surface area contributed by atoms with Crippen molar-refractivity contribution in [1.82, 2.24) is 19.9 Å². The highest BCUT2D eigenvalue weighted by Crippen LogP contribution is 2.27. The van der Waals surface area contributed by atoms with E-state index in [1.54, 1.807) is 12.4 Å². The Balaban J connectivity index is 1.50. The van der Waals surface area contributed by atoms with Crippen LogP contribution in [-0.2, 0) is 0 Å². The summed E-state index contributed by atoms with van der Waals surface area (Å²) in [5, 5.41) is 0. The third-order valence-electron chi connectivity index (χ3n) is 5.32. The van der Waals surface area contributed by atoms with Gasteiger partial charge in [-0.1, -0.05) is 0 Å². The minimum Gasteiger partial charge on any atom is -0.357 e. The summed E-state index contributed by atoms with van der Waals surface area (Å²) in [6.45, 7) is 5.53. The summed E-state index contributed by atoms with van der Waals surface area (Å²) >= 11 is 0. The number of hydrogen-bond donors (Lipinski definition) is 0. The number of aromatic nitrogens is 3. The van der Waals surface area contributed by atoms with Crippen LogP contribution in [-0.4, -0.2) is 51.9 Å². The minimum absolute atomic E-state index is 0.0955. The van der Waals surface area contributed by atoms with Crippen molar-refractivity contribution in [2.24, 2.45) is 0 Å². The number of aryl methyl sites for hydroxylation is 1. The Morgan fingerprint density at radius 2 is 2.00 bits per heavy atom. The van der Waals surface area contributed by atoms with Gasteiger partial charge in [0.05, 0.1) is 11.4 Å². The summed E-state index contributed by atoms with van der Waals surface area (Å²) in [4.78, 5) is 30.6. The second kappa shape index (κ2) is 7.40. The van der Waals surface area contributed by atoms with Gasteiger partial charge in [-0.15, -0.1) is 0 Å². The van der Waals surface area contributed by atoms with E-state index >= 15 is 0 Å². The molecule has 0 unspecified atom stereocenters. The molecule has 2 aromatic heterocycles. The molecule has 2 aromatic rings. The van der Waals surface area contributed by atoms with E-state index in [4.69, 9.17) is 0 Å². The molecule has 1 atom stereocenters. The van der Waals surface area contributed by atoms with Gasteiger partial charge in [-0.25, -0.2) is 4.98 Å². The number of carbonyl (C=O) groups is 1. The van der Waals surface area contributed by atoms with Crippen molar-refractivity contribution in [3.05, 3.63) is 47.7 Å². The Labute approximate surface area is 154 Å². The zero-order chi connectivity index (χ0) is 17.9. The molecule has 1 amide bonds. The maximum Gasteiger partial charge on any atom is 0.254 e. The number of amides is 1. The first kappa shape index (κ1) is 16.9. The summed E-state index contributed by atoms with van der Waals surface area (Å²) in [6, 6.07) is 3.78. The van der Waals surface area contributed by atoms with Crippen molar-refractivity contribution >= 4 is 11.7 Å². The van der Waals surface area contributed by atoms with Crippen LogP contribution in [0, 0.1) is 6.92 Å². The highest BCUT2D eigenvalue weighted by atomic mass is 16.2. The lowest BCUT2D eigenvalue weighted by Crippen LogP contribution is -2.39. The number of hydrogen-bond acceptors (Lipinski definition) is 5. The van der Waals surface area contributed by atoms with Gasteiger partial charge in [0.25, 0.3) is 5.91 Å². The van der Waals surface area contributed by atoms with Crippen LogP contribution in [0.25, 0.3) is 0 Å². The third kappa shape index (κ3) is 3.54. The van der Waals surface area contributed by atoms with E-state index in [9.17, 15) is 4.79 Å². The predicted octanol–water partition coefficient (Wildman–Crippen LogP) is 2.80. The molecule has 2 aliphatic heterocycles. The standard InChI is InChI=1S/C20H25N5O/c1-15-12-21-13-18(23-15)17-5-4-10-25(14-17)20(26)16-6-7-22-19(11-16)24-8-2-3-9-24/h6-7,11-13,17H,2-5,8-10,14H2,1H3/t17-/m0/s1. The number of piperidine rings is 1. The second-order valence-electron chi connectivity index (χ2n) is 7.27. The Morgan fingerprint density at radius 1 is 1.15 bits per heavy atom. The summed E-state index contributed by atoms with van der Waals surface area (Å²) in [5.74, 6) is 1.28. The molecule has 2 fully saturated rings. The van der Waals surface area contributed by atoms with Gasteiger partial charge in [0.2, 0.25) is 0 Å². The summed E-state index contributed by atoms with van der Waals surface area (Å²) < 4.78 is 0. The van der Waals surface area contributed by atoms with Crippen LogP contribution in [0.5, 0.6) is 0 Å². The highest BCUT2D eigenvalue weighted by Gasteiger charge is 2.27. The van der Waals surface area contributed by atoms with Crippen molar-refractivity contribution in [3.63, 3.8) is 0 Å². The minimum atomic E-state index is 0.0955. The number of likely N-dealkylation sites (tertiary alicyclic amines) is 1. The van der Waals surface area contributed by atoms with E-state index in [2.05, 4.69) is 19.9 Å². The molecule has 6 heteroatoms. The molecule has 4 heterocycles. The quantitative estimate of drug-likeness (QED) is 0.851. The molecule has 0 N–H and O–H groups in total. The van der Waals surface area contributed by atoms with Crippen LogP contribution in [0.2, 0.25) is 0 Å². The highest BCUT2D eigenvalue weighted by molar-refractivity contribution is 5.95. The largest absolute Gasteiger partial charge is 0.357 e. The SMILES string of the molecule is Cc1cncc([C@H]2CCCN(C(=O)c3ccnc(N4CCCC4)c3)C2)n1. The molecule has 4 rings (SSSR count). The van der Waals surface area contributed by atoms with Gasteiger partial charge in [-0.2, -0.15) is 0 Å². The maximum atomic E-state index is 13.1. The van der Waals surface area contributed by atoms with Crippen LogP contribution in [0.4, 0.5) is 5.82 Å². The Morgan fingerprint density at radius 3 is 2.81 bits per heavy atom. The van der Waals surface area contributed by atoms with Gasteiger partial charge in [-0.3, -0.25) is 14.8 Å². The number of nitrogens with zero attached hydrogens (tertiary/aromatic N) is 5. The fraction of sp³-hybridized carbons (Fsp3) is 0.500. The molecule has 2 aliphatic rings. The van der Waals surface area contributed by atoms with Crippen LogP contribution in [0.15, 0.2) is 30.7 Å². The van der Waals surface area contributed by atoms with E-state index < -0.39 is 0 Å². The fourth-order valence-corrected chi connectivity index (χ4v) is 3.94. The fourth-order valence-electron chi connectivity index (χ4n) is 3.94. The first-order chi connectivity index (χ1) is 12.7. The Bertz CT molecular complexity index is 787. The zero-order valence-electron chi connectivity index (χ0n) is 15.3. The van der Waals surface area contributed by atoms with Gasteiger partial charge >= 0.3 is 0 Å². The first-order valence-corrected chi connectivity index (χ1v) is 9.49. The van der Waals surface area contributed by atoms with E-state index in [1.807, 2.05) is 30.2 Å². The van der Waals surface area contributed by atoms with Crippen molar-refractivity contribution < 1.29 is 4.79 Å². The second-order valence-corrected chi connectivity index (χ2v) is 7.27. The van der Waals surface area contributed by atoms with Crippen molar-refractivity contribution in [2.75, 3.05) is 31.1 Å². The van der Waals surface area contributed by atoms with E-state index in [-0.39, 0.29) is 11.8 Å². The first-order valence-electron chi connectivity index (χ1n) is 9.49. The van der Waals surface area contributed by atoms with Crippen molar-refractivity contribution in [3.8, 4) is 0 Å². The Hall–Kier alpha value is -2.50. The number of rotatable bonds is 3. The molecule has 6 nitrogen and oxygen atoms in total. The smallest absolute Gasteiger partial charge is 0.254 e. The molecule has 0 spiro atoms. The maximum absolute atomic E-state index is 13.1. The van der Waals surface area contributed by atoms with Gasteiger partial charge < -0.3 is 9.80 Å². The molecule has 136 valence electrons. The number of pyridine rings is 1. The zero-order valence-corrected chi connectivity index (χ0v) is 15.3. The van der Waals surface area contributed by atoms with Crippen LogP contribution in [0.1, 0.15) is 53.3 Å². The van der Waals surface area contributed by atoms with Gasteiger partial charge in [-0.05, 0) is 44.7 Å². The molecule has 0 bridgehead atoms. The normalized spacial score (nSPS) is 20.4. The van der Waals surface area contributed by atoms with E-state index in [1.165, 1.54) is 12.8 Å². The molecule has 0 aromatic carbocycles. The van der Waals surface area contributed by atoms with Crippen LogP contribution in [0.3, 0.4) is 0 Å². The topological polar surface area (TPSA) is 62.2 Å².